The van der Waals surface area contributed by atoms with Crippen LogP contribution in [0, 0.1) is 6.92 Å². The number of aromatic nitrogens is 1. The number of rotatable bonds is 13. The number of unbranched alkanes of at least 4 members (excludes halogenated alkanes) is 9. The second-order valence-electron chi connectivity index (χ2n) is 11.4. The molecule has 0 aliphatic heterocycles. The first-order valence-electron chi connectivity index (χ1n) is 15.2. The standard InChI is InChI=1S/C36H42N2O2/c1-4-5-6-7-8-9-10-11-12-13-16-26-19-21-27(22-20-26)37-30-23-24-31-34-32(25(2)36(40)38(31)3)28-17-14-15-18-29(28)35(39)33(30)34/h14-15,17-24,37H,4-13,16H2,1-3H3. The molecule has 40 heavy (non-hydrogen) atoms. The molecule has 4 aromatic rings. The summed E-state index contributed by atoms with van der Waals surface area (Å²) in [6.07, 6.45) is 14.6. The van der Waals surface area contributed by atoms with Crippen LogP contribution >= 0.6 is 0 Å². The molecule has 0 saturated carbocycles. The van der Waals surface area contributed by atoms with Crippen LogP contribution in [-0.2, 0) is 13.5 Å². The summed E-state index contributed by atoms with van der Waals surface area (Å²) in [6.45, 7) is 4.13. The summed E-state index contributed by atoms with van der Waals surface area (Å²) in [7, 11) is 1.78. The number of hydrogen-bond acceptors (Lipinski definition) is 3. The summed E-state index contributed by atoms with van der Waals surface area (Å²) in [6, 6.07) is 20.1. The minimum Gasteiger partial charge on any atom is -0.355 e. The molecule has 0 atom stereocenters. The van der Waals surface area contributed by atoms with Gasteiger partial charge in [0.05, 0.1) is 16.8 Å². The van der Waals surface area contributed by atoms with Crippen LogP contribution < -0.4 is 10.9 Å². The van der Waals surface area contributed by atoms with Crippen LogP contribution in [0.3, 0.4) is 0 Å². The van der Waals surface area contributed by atoms with Gasteiger partial charge < -0.3 is 9.88 Å². The van der Waals surface area contributed by atoms with Crippen molar-refractivity contribution in [2.24, 2.45) is 7.05 Å². The number of carbonyl (C=O) groups is 1. The number of carbonyl (C=O) groups excluding carboxylic acids is 1. The maximum Gasteiger partial charge on any atom is 0.254 e. The van der Waals surface area contributed by atoms with E-state index in [1.165, 1.54) is 69.8 Å². The van der Waals surface area contributed by atoms with Crippen LogP contribution in [0.25, 0.3) is 22.0 Å². The van der Waals surface area contributed by atoms with Crippen molar-refractivity contribution in [2.75, 3.05) is 5.32 Å². The Labute approximate surface area is 238 Å². The Morgan fingerprint density at radius 3 is 2.00 bits per heavy atom. The molecular weight excluding hydrogens is 492 g/mol. The molecule has 0 radical (unpaired) electrons. The first-order valence-corrected chi connectivity index (χ1v) is 15.2. The zero-order chi connectivity index (χ0) is 28.1. The SMILES string of the molecule is CCCCCCCCCCCCc1ccc(Nc2ccc3c4c2C(=O)c2ccccc2-c4c(C)c(=O)n3C)cc1. The van der Waals surface area contributed by atoms with E-state index >= 15 is 0 Å². The Morgan fingerprint density at radius 2 is 1.32 bits per heavy atom. The number of fused-ring (bicyclic) bond motifs is 2. The lowest BCUT2D eigenvalue weighted by Gasteiger charge is -2.25. The molecule has 5 rings (SSSR count). The molecule has 4 nitrogen and oxygen atoms in total. The molecule has 0 amide bonds. The van der Waals surface area contributed by atoms with Gasteiger partial charge in [-0.1, -0.05) is 101 Å². The fraction of sp³-hybridized carbons (Fsp3) is 0.389. The second kappa shape index (κ2) is 12.7. The fourth-order valence-electron chi connectivity index (χ4n) is 6.22. The van der Waals surface area contributed by atoms with E-state index in [1.54, 1.807) is 11.6 Å². The van der Waals surface area contributed by atoms with E-state index in [-0.39, 0.29) is 11.3 Å². The molecule has 4 heteroatoms. The number of hydrogen-bond donors (Lipinski definition) is 1. The first kappa shape index (κ1) is 27.9. The molecule has 1 aliphatic carbocycles. The van der Waals surface area contributed by atoms with Gasteiger partial charge in [0.25, 0.3) is 5.56 Å². The molecule has 0 spiro atoms. The number of aryl methyl sites for hydroxylation is 2. The largest absolute Gasteiger partial charge is 0.355 e. The van der Waals surface area contributed by atoms with E-state index in [4.69, 9.17) is 0 Å². The molecule has 0 bridgehead atoms. The van der Waals surface area contributed by atoms with Gasteiger partial charge in [0, 0.05) is 34.8 Å². The van der Waals surface area contributed by atoms with Gasteiger partial charge in [-0.05, 0) is 55.2 Å². The van der Waals surface area contributed by atoms with Crippen molar-refractivity contribution in [3.05, 3.63) is 93.3 Å². The highest BCUT2D eigenvalue weighted by atomic mass is 16.1. The normalized spacial score (nSPS) is 12.1. The molecule has 3 aromatic carbocycles. The van der Waals surface area contributed by atoms with Gasteiger partial charge in [-0.15, -0.1) is 0 Å². The van der Waals surface area contributed by atoms with Crippen molar-refractivity contribution in [3.8, 4) is 11.1 Å². The summed E-state index contributed by atoms with van der Waals surface area (Å²) >= 11 is 0. The quantitative estimate of drug-likeness (QED) is 0.153. The van der Waals surface area contributed by atoms with Gasteiger partial charge >= 0.3 is 0 Å². The van der Waals surface area contributed by atoms with E-state index in [2.05, 4.69) is 36.5 Å². The number of anilines is 2. The maximum atomic E-state index is 13.8. The monoisotopic (exact) mass is 534 g/mol. The summed E-state index contributed by atoms with van der Waals surface area (Å²) in [4.78, 5) is 26.9. The van der Waals surface area contributed by atoms with Crippen molar-refractivity contribution in [1.82, 2.24) is 4.57 Å². The highest BCUT2D eigenvalue weighted by Gasteiger charge is 2.30. The highest BCUT2D eigenvalue weighted by molar-refractivity contribution is 6.28. The zero-order valence-corrected chi connectivity index (χ0v) is 24.3. The molecule has 1 aliphatic rings. The number of nitrogens with one attached hydrogen (secondary N) is 1. The van der Waals surface area contributed by atoms with Crippen LogP contribution in [0.2, 0.25) is 0 Å². The number of nitrogens with zero attached hydrogens (tertiary/aromatic N) is 1. The van der Waals surface area contributed by atoms with Crippen molar-refractivity contribution in [3.63, 3.8) is 0 Å². The summed E-state index contributed by atoms with van der Waals surface area (Å²) < 4.78 is 1.66. The third-order valence-electron chi connectivity index (χ3n) is 8.52. The zero-order valence-electron chi connectivity index (χ0n) is 24.3. The lowest BCUT2D eigenvalue weighted by Crippen LogP contribution is -2.24. The topological polar surface area (TPSA) is 51.1 Å². The minimum atomic E-state index is -0.0312. The van der Waals surface area contributed by atoms with Crippen LogP contribution in [0.4, 0.5) is 11.4 Å². The first-order chi connectivity index (χ1) is 19.5. The Balaban J connectivity index is 1.28. The van der Waals surface area contributed by atoms with Crippen molar-refractivity contribution < 1.29 is 4.79 Å². The summed E-state index contributed by atoms with van der Waals surface area (Å²) in [5.41, 5.74) is 7.50. The average Bonchev–Trinajstić information content (AvgIpc) is 2.97. The summed E-state index contributed by atoms with van der Waals surface area (Å²) in [5, 5.41) is 4.37. The smallest absolute Gasteiger partial charge is 0.254 e. The van der Waals surface area contributed by atoms with Crippen LogP contribution in [-0.4, -0.2) is 10.4 Å². The van der Waals surface area contributed by atoms with Gasteiger partial charge in [0.2, 0.25) is 0 Å². The highest BCUT2D eigenvalue weighted by Crippen LogP contribution is 2.43. The predicted octanol–water partition coefficient (Wildman–Crippen LogP) is 9.27. The van der Waals surface area contributed by atoms with Crippen molar-refractivity contribution >= 4 is 28.1 Å². The Bertz CT molecular complexity index is 1560. The van der Waals surface area contributed by atoms with Crippen molar-refractivity contribution in [1.29, 1.82) is 0 Å². The Kier molecular flexibility index (Phi) is 8.84. The van der Waals surface area contributed by atoms with E-state index in [1.807, 2.05) is 43.3 Å². The van der Waals surface area contributed by atoms with Gasteiger partial charge in [-0.2, -0.15) is 0 Å². The number of pyridine rings is 1. The Morgan fingerprint density at radius 1 is 0.700 bits per heavy atom. The predicted molar refractivity (Wildman–Crippen MR) is 168 cm³/mol. The molecule has 1 aromatic heterocycles. The molecule has 0 fully saturated rings. The summed E-state index contributed by atoms with van der Waals surface area (Å²) in [5.74, 6) is -0.00757. The van der Waals surface area contributed by atoms with Crippen molar-refractivity contribution in [2.45, 2.75) is 84.5 Å². The lowest BCUT2D eigenvalue weighted by atomic mass is 9.81. The third kappa shape index (κ3) is 5.63. The van der Waals surface area contributed by atoms with Gasteiger partial charge in [0.1, 0.15) is 0 Å². The van der Waals surface area contributed by atoms with Crippen LogP contribution in [0.5, 0.6) is 0 Å². The van der Waals surface area contributed by atoms with Gasteiger partial charge in [-0.3, -0.25) is 9.59 Å². The third-order valence-corrected chi connectivity index (χ3v) is 8.52. The fourth-order valence-corrected chi connectivity index (χ4v) is 6.22. The van der Waals surface area contributed by atoms with E-state index in [0.717, 1.165) is 39.8 Å². The molecule has 0 unspecified atom stereocenters. The van der Waals surface area contributed by atoms with Crippen LogP contribution in [0.15, 0.2) is 65.5 Å². The van der Waals surface area contributed by atoms with Crippen LogP contribution in [0.1, 0.15) is 98.2 Å². The Hall–Kier alpha value is -3.66. The molecule has 208 valence electrons. The molecule has 1 N–H and O–H groups in total. The van der Waals surface area contributed by atoms with Gasteiger partial charge in [-0.25, -0.2) is 0 Å². The van der Waals surface area contributed by atoms with E-state index in [0.29, 0.717) is 16.7 Å². The molecular formula is C36H42N2O2. The molecule has 0 saturated heterocycles. The minimum absolute atomic E-state index is 0.00757. The van der Waals surface area contributed by atoms with E-state index in [9.17, 15) is 9.59 Å². The van der Waals surface area contributed by atoms with Gasteiger partial charge in [0.15, 0.2) is 5.78 Å². The second-order valence-corrected chi connectivity index (χ2v) is 11.4. The molecule has 1 heterocycles. The lowest BCUT2D eigenvalue weighted by molar-refractivity contribution is 0.104. The number of benzene rings is 3. The van der Waals surface area contributed by atoms with E-state index < -0.39 is 0 Å². The average molecular weight is 535 g/mol. The number of ketones is 1. The maximum absolute atomic E-state index is 13.8.